The van der Waals surface area contributed by atoms with Crippen LogP contribution in [0.25, 0.3) is 0 Å². The van der Waals surface area contributed by atoms with Gasteiger partial charge >= 0.3 is 5.97 Å². The first-order valence-electron chi connectivity index (χ1n) is 10.2. The molecule has 0 saturated carbocycles. The summed E-state index contributed by atoms with van der Waals surface area (Å²) in [7, 11) is -3.71. The van der Waals surface area contributed by atoms with Gasteiger partial charge in [0.05, 0.1) is 11.5 Å². The molecule has 0 bridgehead atoms. The average Bonchev–Trinajstić information content (AvgIpc) is 3.27. The summed E-state index contributed by atoms with van der Waals surface area (Å²) in [5.74, 6) is -0.194. The van der Waals surface area contributed by atoms with E-state index >= 15 is 0 Å². The number of thiazole rings is 1. The molecule has 1 aromatic carbocycles. The first-order valence-corrected chi connectivity index (χ1v) is 12.5. The molecule has 2 aliphatic rings. The van der Waals surface area contributed by atoms with Crippen LogP contribution in [0.1, 0.15) is 30.3 Å². The molecule has 1 fully saturated rings. The van der Waals surface area contributed by atoms with E-state index in [1.54, 1.807) is 13.0 Å². The molecule has 0 spiro atoms. The Labute approximate surface area is 189 Å². The highest BCUT2D eigenvalue weighted by Crippen LogP contribution is 2.34. The van der Waals surface area contributed by atoms with Crippen molar-refractivity contribution in [2.75, 3.05) is 38.2 Å². The molecular formula is C20H23N3O7S2. The zero-order valence-corrected chi connectivity index (χ0v) is 19.0. The fourth-order valence-corrected chi connectivity index (χ4v) is 5.70. The molecule has 0 atom stereocenters. The summed E-state index contributed by atoms with van der Waals surface area (Å²) < 4.78 is 43.3. The van der Waals surface area contributed by atoms with E-state index in [0.29, 0.717) is 42.7 Å². The van der Waals surface area contributed by atoms with E-state index in [0.717, 1.165) is 11.3 Å². The standard InChI is InChI=1S/C20H23N3O7S2/c1-2-28-19(25)15-12-31-20(21-15)22-18(24)13-5-7-23(8-6-13)32(26,27)14-3-4-16-17(11-14)30-10-9-29-16/h3-4,11-13H,2,5-10H2,1H3,(H,21,22,24). The number of hydrogen-bond acceptors (Lipinski definition) is 9. The first-order chi connectivity index (χ1) is 15.4. The summed E-state index contributed by atoms with van der Waals surface area (Å²) >= 11 is 1.14. The number of piperidine rings is 1. The molecule has 1 amide bonds. The monoisotopic (exact) mass is 481 g/mol. The Morgan fingerprint density at radius 1 is 1.22 bits per heavy atom. The predicted molar refractivity (Wildman–Crippen MR) is 116 cm³/mol. The SMILES string of the molecule is CCOC(=O)c1csc(NC(=O)C2CCN(S(=O)(=O)c3ccc4c(c3)OCCO4)CC2)n1. The van der Waals surface area contributed by atoms with Crippen molar-refractivity contribution in [1.29, 1.82) is 0 Å². The second-order valence-corrected chi connectivity index (χ2v) is 10.0. The molecule has 4 rings (SSSR count). The zero-order chi connectivity index (χ0) is 22.7. The number of esters is 1. The lowest BCUT2D eigenvalue weighted by atomic mass is 9.97. The maximum absolute atomic E-state index is 13.0. The number of hydrogen-bond donors (Lipinski definition) is 1. The summed E-state index contributed by atoms with van der Waals surface area (Å²) in [6.07, 6.45) is 0.761. The van der Waals surface area contributed by atoms with E-state index in [1.807, 2.05) is 0 Å². The minimum absolute atomic E-state index is 0.138. The van der Waals surface area contributed by atoms with E-state index in [4.69, 9.17) is 14.2 Å². The summed E-state index contributed by atoms with van der Waals surface area (Å²) in [5.41, 5.74) is 0.146. The number of carbonyl (C=O) groups excluding carboxylic acids is 2. The van der Waals surface area contributed by atoms with Crippen molar-refractivity contribution >= 4 is 38.4 Å². The number of benzene rings is 1. The molecule has 0 radical (unpaired) electrons. The summed E-state index contributed by atoms with van der Waals surface area (Å²) in [5, 5.41) is 4.54. The van der Waals surface area contributed by atoms with Crippen LogP contribution in [0.5, 0.6) is 11.5 Å². The van der Waals surface area contributed by atoms with Gasteiger partial charge in [-0.2, -0.15) is 4.31 Å². The lowest BCUT2D eigenvalue weighted by molar-refractivity contribution is -0.120. The van der Waals surface area contributed by atoms with E-state index < -0.39 is 16.0 Å². The number of ether oxygens (including phenoxy) is 3. The Kier molecular flexibility index (Phi) is 6.63. The second-order valence-electron chi connectivity index (χ2n) is 7.23. The molecule has 10 nitrogen and oxygen atoms in total. The van der Waals surface area contributed by atoms with Gasteiger partial charge in [-0.25, -0.2) is 18.2 Å². The van der Waals surface area contributed by atoms with Gasteiger partial charge in [-0.15, -0.1) is 11.3 Å². The van der Waals surface area contributed by atoms with Crippen LogP contribution in [0.3, 0.4) is 0 Å². The Morgan fingerprint density at radius 3 is 2.66 bits per heavy atom. The number of anilines is 1. The molecule has 2 aromatic rings. The smallest absolute Gasteiger partial charge is 0.357 e. The Bertz CT molecular complexity index is 1110. The van der Waals surface area contributed by atoms with Gasteiger partial charge in [0.25, 0.3) is 0 Å². The van der Waals surface area contributed by atoms with Crippen LogP contribution in [0.2, 0.25) is 0 Å². The van der Waals surface area contributed by atoms with Gasteiger partial charge in [-0.05, 0) is 31.9 Å². The molecule has 0 aliphatic carbocycles. The molecule has 12 heteroatoms. The second kappa shape index (κ2) is 9.43. The first kappa shape index (κ1) is 22.5. The number of nitrogens with one attached hydrogen (secondary N) is 1. The van der Waals surface area contributed by atoms with Crippen LogP contribution in [-0.4, -0.2) is 62.5 Å². The van der Waals surface area contributed by atoms with Crippen molar-refractivity contribution in [3.05, 3.63) is 29.3 Å². The molecule has 2 aliphatic heterocycles. The van der Waals surface area contributed by atoms with Gasteiger partial charge in [0.2, 0.25) is 15.9 Å². The topological polar surface area (TPSA) is 124 Å². The van der Waals surface area contributed by atoms with Crippen molar-refractivity contribution in [2.45, 2.75) is 24.7 Å². The minimum Gasteiger partial charge on any atom is -0.486 e. The summed E-state index contributed by atoms with van der Waals surface area (Å²) in [6.45, 7) is 3.19. The van der Waals surface area contributed by atoms with Crippen molar-refractivity contribution < 1.29 is 32.2 Å². The fraction of sp³-hybridized carbons (Fsp3) is 0.450. The third kappa shape index (κ3) is 4.71. The number of fused-ring (bicyclic) bond motifs is 1. The highest BCUT2D eigenvalue weighted by Gasteiger charge is 2.33. The molecule has 1 saturated heterocycles. The zero-order valence-electron chi connectivity index (χ0n) is 17.4. The number of amides is 1. The number of sulfonamides is 1. The maximum atomic E-state index is 13.0. The van der Waals surface area contributed by atoms with E-state index in [9.17, 15) is 18.0 Å². The lowest BCUT2D eigenvalue weighted by Gasteiger charge is -2.30. The predicted octanol–water partition coefficient (Wildman–Crippen LogP) is 2.13. The van der Waals surface area contributed by atoms with Crippen molar-refractivity contribution in [3.63, 3.8) is 0 Å². The van der Waals surface area contributed by atoms with Crippen LogP contribution in [0, 0.1) is 5.92 Å². The van der Waals surface area contributed by atoms with Crippen LogP contribution < -0.4 is 14.8 Å². The lowest BCUT2D eigenvalue weighted by Crippen LogP contribution is -2.41. The van der Waals surface area contributed by atoms with Crippen LogP contribution in [-0.2, 0) is 19.6 Å². The molecular weight excluding hydrogens is 458 g/mol. The molecule has 3 heterocycles. The normalized spacial score (nSPS) is 17.0. The van der Waals surface area contributed by atoms with Crippen LogP contribution >= 0.6 is 11.3 Å². The van der Waals surface area contributed by atoms with Gasteiger partial charge in [-0.3, -0.25) is 4.79 Å². The molecule has 0 unspecified atom stereocenters. The molecule has 1 N–H and O–H groups in total. The van der Waals surface area contributed by atoms with E-state index in [1.165, 1.54) is 21.8 Å². The van der Waals surface area contributed by atoms with E-state index in [-0.39, 0.29) is 42.1 Å². The Morgan fingerprint density at radius 2 is 1.94 bits per heavy atom. The number of carbonyl (C=O) groups is 2. The minimum atomic E-state index is -3.71. The highest BCUT2D eigenvalue weighted by molar-refractivity contribution is 7.89. The number of rotatable bonds is 6. The van der Waals surface area contributed by atoms with E-state index in [2.05, 4.69) is 10.3 Å². The summed E-state index contributed by atoms with van der Waals surface area (Å²) in [6, 6.07) is 4.58. The number of nitrogens with zero attached hydrogens (tertiary/aromatic N) is 2. The highest BCUT2D eigenvalue weighted by atomic mass is 32.2. The molecule has 172 valence electrons. The number of aromatic nitrogens is 1. The largest absolute Gasteiger partial charge is 0.486 e. The van der Waals surface area contributed by atoms with Crippen molar-refractivity contribution in [2.24, 2.45) is 5.92 Å². The fourth-order valence-electron chi connectivity index (χ4n) is 3.53. The third-order valence-corrected chi connectivity index (χ3v) is 7.85. The van der Waals surface area contributed by atoms with Crippen molar-refractivity contribution in [1.82, 2.24) is 9.29 Å². The van der Waals surface area contributed by atoms with Crippen LogP contribution in [0.4, 0.5) is 5.13 Å². The summed E-state index contributed by atoms with van der Waals surface area (Å²) in [4.78, 5) is 28.5. The molecule has 1 aromatic heterocycles. The van der Waals surface area contributed by atoms with Gasteiger partial charge < -0.3 is 19.5 Å². The average molecular weight is 482 g/mol. The quantitative estimate of drug-likeness (QED) is 0.623. The Balaban J connectivity index is 1.35. The van der Waals surface area contributed by atoms with Gasteiger partial charge in [0, 0.05) is 30.5 Å². The van der Waals surface area contributed by atoms with Crippen LogP contribution in [0.15, 0.2) is 28.5 Å². The van der Waals surface area contributed by atoms with Gasteiger partial charge in [0.15, 0.2) is 22.3 Å². The van der Waals surface area contributed by atoms with Crippen molar-refractivity contribution in [3.8, 4) is 11.5 Å². The Hall–Kier alpha value is -2.70. The third-order valence-electron chi connectivity index (χ3n) is 5.20. The molecule has 32 heavy (non-hydrogen) atoms. The van der Waals surface area contributed by atoms with Gasteiger partial charge in [0.1, 0.15) is 13.2 Å². The maximum Gasteiger partial charge on any atom is 0.357 e. The van der Waals surface area contributed by atoms with Gasteiger partial charge in [-0.1, -0.05) is 0 Å².